The normalized spacial score (nSPS) is 10.6. The molecule has 2 aromatic rings. The Balaban J connectivity index is 2.59. The number of nitrogens with two attached hydrogens (primary N) is 1. The minimum atomic E-state index is 0.685. The van der Waals surface area contributed by atoms with Crippen molar-refractivity contribution >= 4 is 5.82 Å². The number of aryl methyl sites for hydroxylation is 2. The summed E-state index contributed by atoms with van der Waals surface area (Å²) < 4.78 is 1.90. The largest absolute Gasteiger partial charge is 0.384 e. The van der Waals surface area contributed by atoms with Crippen LogP contribution in [0.3, 0.4) is 0 Å². The molecule has 15 heavy (non-hydrogen) atoms. The van der Waals surface area contributed by atoms with Crippen molar-refractivity contribution in [1.29, 1.82) is 0 Å². The van der Waals surface area contributed by atoms with E-state index < -0.39 is 0 Å². The average Bonchev–Trinajstić information content (AvgIpc) is 2.49. The van der Waals surface area contributed by atoms with E-state index in [1.165, 1.54) is 11.1 Å². The Morgan fingerprint density at radius 1 is 1.27 bits per heavy atom. The molecule has 0 radical (unpaired) electrons. The van der Waals surface area contributed by atoms with Crippen LogP contribution in [0.15, 0.2) is 24.4 Å². The number of benzene rings is 1. The maximum atomic E-state index is 5.76. The smallest absolute Gasteiger partial charge is 0.141 e. The summed E-state index contributed by atoms with van der Waals surface area (Å²) in [6.07, 6.45) is 1.69. The van der Waals surface area contributed by atoms with Gasteiger partial charge in [-0.05, 0) is 19.4 Å². The van der Waals surface area contributed by atoms with Gasteiger partial charge in [0.1, 0.15) is 11.6 Å². The zero-order chi connectivity index (χ0) is 11.0. The van der Waals surface area contributed by atoms with E-state index in [4.69, 9.17) is 5.73 Å². The number of anilines is 1. The van der Waals surface area contributed by atoms with Crippen LogP contribution in [0, 0.1) is 13.8 Å². The highest BCUT2D eigenvalue weighted by atomic mass is 15.1. The van der Waals surface area contributed by atoms with Gasteiger partial charge in [0, 0.05) is 12.6 Å². The van der Waals surface area contributed by atoms with Crippen LogP contribution in [0.5, 0.6) is 0 Å². The molecule has 1 aromatic heterocycles. The molecule has 3 nitrogen and oxygen atoms in total. The van der Waals surface area contributed by atoms with Crippen LogP contribution in [0.1, 0.15) is 11.1 Å². The van der Waals surface area contributed by atoms with Gasteiger partial charge in [-0.2, -0.15) is 0 Å². The molecule has 0 saturated heterocycles. The summed E-state index contributed by atoms with van der Waals surface area (Å²) in [4.78, 5) is 4.31. The van der Waals surface area contributed by atoms with Crippen LogP contribution in [0.25, 0.3) is 11.4 Å². The minimum absolute atomic E-state index is 0.685. The summed E-state index contributed by atoms with van der Waals surface area (Å²) in [5.74, 6) is 1.61. The number of nitrogens with zero attached hydrogens (tertiary/aromatic N) is 2. The van der Waals surface area contributed by atoms with Crippen LogP contribution < -0.4 is 5.73 Å². The lowest BCUT2D eigenvalue weighted by atomic mass is 10.1. The molecule has 0 fully saturated rings. The van der Waals surface area contributed by atoms with Crippen molar-refractivity contribution in [1.82, 2.24) is 9.55 Å². The highest BCUT2D eigenvalue weighted by Gasteiger charge is 2.08. The number of rotatable bonds is 1. The van der Waals surface area contributed by atoms with Crippen LogP contribution in [-0.2, 0) is 7.05 Å². The van der Waals surface area contributed by atoms with Gasteiger partial charge in [0.25, 0.3) is 0 Å². The van der Waals surface area contributed by atoms with E-state index in [0.29, 0.717) is 5.82 Å². The molecule has 0 aliphatic carbocycles. The quantitative estimate of drug-likeness (QED) is 0.769. The molecule has 0 bridgehead atoms. The SMILES string of the molecule is Cc1ccc(-c2ncc(N)n2C)c(C)c1. The Hall–Kier alpha value is -1.77. The predicted octanol–water partition coefficient (Wildman–Crippen LogP) is 2.29. The topological polar surface area (TPSA) is 43.8 Å². The van der Waals surface area contributed by atoms with E-state index in [0.717, 1.165) is 11.4 Å². The summed E-state index contributed by atoms with van der Waals surface area (Å²) in [5.41, 5.74) is 9.39. The monoisotopic (exact) mass is 201 g/mol. The van der Waals surface area contributed by atoms with E-state index in [-0.39, 0.29) is 0 Å². The van der Waals surface area contributed by atoms with Gasteiger partial charge >= 0.3 is 0 Å². The summed E-state index contributed by atoms with van der Waals surface area (Å²) in [6, 6.07) is 6.33. The summed E-state index contributed by atoms with van der Waals surface area (Å²) in [6.45, 7) is 4.18. The highest BCUT2D eigenvalue weighted by Crippen LogP contribution is 2.23. The van der Waals surface area contributed by atoms with Crippen molar-refractivity contribution in [3.05, 3.63) is 35.5 Å². The van der Waals surface area contributed by atoms with Gasteiger partial charge < -0.3 is 10.3 Å². The molecule has 0 aliphatic heterocycles. The summed E-state index contributed by atoms with van der Waals surface area (Å²) in [7, 11) is 1.93. The summed E-state index contributed by atoms with van der Waals surface area (Å²) >= 11 is 0. The van der Waals surface area contributed by atoms with Gasteiger partial charge in [-0.15, -0.1) is 0 Å². The van der Waals surface area contributed by atoms with Gasteiger partial charge in [-0.1, -0.05) is 23.8 Å². The van der Waals surface area contributed by atoms with Crippen molar-refractivity contribution in [2.45, 2.75) is 13.8 Å². The van der Waals surface area contributed by atoms with Crippen molar-refractivity contribution in [2.24, 2.45) is 7.05 Å². The van der Waals surface area contributed by atoms with Gasteiger partial charge in [0.2, 0.25) is 0 Å². The third-order valence-electron chi connectivity index (χ3n) is 2.65. The third-order valence-corrected chi connectivity index (χ3v) is 2.65. The highest BCUT2D eigenvalue weighted by molar-refractivity contribution is 5.63. The van der Waals surface area contributed by atoms with Crippen molar-refractivity contribution in [3.63, 3.8) is 0 Å². The molecule has 0 saturated carbocycles. The number of nitrogen functional groups attached to an aromatic ring is 1. The lowest BCUT2D eigenvalue weighted by molar-refractivity contribution is 0.935. The fourth-order valence-electron chi connectivity index (χ4n) is 1.74. The van der Waals surface area contributed by atoms with Gasteiger partial charge in [-0.25, -0.2) is 4.98 Å². The molecule has 0 aliphatic rings. The molecule has 1 heterocycles. The van der Waals surface area contributed by atoms with Gasteiger partial charge in [0.05, 0.1) is 6.20 Å². The molecule has 0 spiro atoms. The zero-order valence-corrected chi connectivity index (χ0v) is 9.28. The molecular weight excluding hydrogens is 186 g/mol. The Bertz CT molecular complexity index is 498. The molecule has 3 heteroatoms. The first-order chi connectivity index (χ1) is 7.09. The van der Waals surface area contributed by atoms with Crippen molar-refractivity contribution < 1.29 is 0 Å². The van der Waals surface area contributed by atoms with Crippen LogP contribution in [0.2, 0.25) is 0 Å². The third kappa shape index (κ3) is 1.61. The molecule has 78 valence electrons. The second kappa shape index (κ2) is 3.42. The first-order valence-corrected chi connectivity index (χ1v) is 4.94. The second-order valence-electron chi connectivity index (χ2n) is 3.88. The predicted molar refractivity (Wildman–Crippen MR) is 62.5 cm³/mol. The lowest BCUT2D eigenvalue weighted by Crippen LogP contribution is -1.99. The van der Waals surface area contributed by atoms with E-state index in [2.05, 4.69) is 37.0 Å². The molecular formula is C12H15N3. The Labute approximate surface area is 89.6 Å². The molecule has 0 amide bonds. The molecule has 2 N–H and O–H groups in total. The maximum Gasteiger partial charge on any atom is 0.141 e. The van der Waals surface area contributed by atoms with E-state index in [1.54, 1.807) is 6.20 Å². The number of hydrogen-bond donors (Lipinski definition) is 1. The van der Waals surface area contributed by atoms with Crippen molar-refractivity contribution in [2.75, 3.05) is 5.73 Å². The van der Waals surface area contributed by atoms with Gasteiger partial charge in [0.15, 0.2) is 0 Å². The van der Waals surface area contributed by atoms with E-state index >= 15 is 0 Å². The van der Waals surface area contributed by atoms with Crippen molar-refractivity contribution in [3.8, 4) is 11.4 Å². The fourth-order valence-corrected chi connectivity index (χ4v) is 1.74. The minimum Gasteiger partial charge on any atom is -0.384 e. The first kappa shape index (κ1) is 9.77. The number of aromatic nitrogens is 2. The van der Waals surface area contributed by atoms with E-state index in [1.807, 2.05) is 11.6 Å². The number of imidazole rings is 1. The van der Waals surface area contributed by atoms with Gasteiger partial charge in [-0.3, -0.25) is 0 Å². The Morgan fingerprint density at radius 2 is 2.00 bits per heavy atom. The molecule has 0 atom stereocenters. The van der Waals surface area contributed by atoms with Crippen LogP contribution in [0.4, 0.5) is 5.82 Å². The second-order valence-corrected chi connectivity index (χ2v) is 3.88. The van der Waals surface area contributed by atoms with Crippen LogP contribution in [-0.4, -0.2) is 9.55 Å². The Morgan fingerprint density at radius 3 is 2.53 bits per heavy atom. The standard InChI is InChI=1S/C12H15N3/c1-8-4-5-10(9(2)6-8)12-14-7-11(13)15(12)3/h4-7H,13H2,1-3H3. The maximum absolute atomic E-state index is 5.76. The fraction of sp³-hybridized carbons (Fsp3) is 0.250. The summed E-state index contributed by atoms with van der Waals surface area (Å²) in [5, 5.41) is 0. The lowest BCUT2D eigenvalue weighted by Gasteiger charge is -2.07. The Kier molecular flexibility index (Phi) is 2.23. The molecule has 1 aromatic carbocycles. The first-order valence-electron chi connectivity index (χ1n) is 4.94. The van der Waals surface area contributed by atoms with Crippen LogP contribution >= 0.6 is 0 Å². The van der Waals surface area contributed by atoms with E-state index in [9.17, 15) is 0 Å². The molecule has 2 rings (SSSR count). The molecule has 0 unspecified atom stereocenters. The average molecular weight is 201 g/mol. The number of hydrogen-bond acceptors (Lipinski definition) is 2. The zero-order valence-electron chi connectivity index (χ0n) is 9.28.